The van der Waals surface area contributed by atoms with E-state index in [9.17, 15) is 10.1 Å². The van der Waals surface area contributed by atoms with E-state index >= 15 is 0 Å². The fraction of sp³-hybridized carbons (Fsp3) is 0.538. The minimum Gasteiger partial charge on any atom is -0.317 e. The molecule has 96 valence electrons. The number of anilines is 1. The van der Waals surface area contributed by atoms with Gasteiger partial charge in [-0.1, -0.05) is 6.92 Å². The molecule has 1 amide bonds. The van der Waals surface area contributed by atoms with Gasteiger partial charge in [-0.15, -0.1) is 22.9 Å². The quantitative estimate of drug-likeness (QED) is 0.865. The predicted octanol–water partition coefficient (Wildman–Crippen LogP) is 3.31. The summed E-state index contributed by atoms with van der Waals surface area (Å²) in [5.41, 5.74) is 1.80. The van der Waals surface area contributed by atoms with E-state index in [-0.39, 0.29) is 12.3 Å². The molecule has 1 aliphatic rings. The van der Waals surface area contributed by atoms with Crippen LogP contribution in [0, 0.1) is 17.2 Å². The van der Waals surface area contributed by atoms with Crippen LogP contribution < -0.4 is 5.32 Å². The average molecular weight is 283 g/mol. The Morgan fingerprint density at radius 3 is 3.11 bits per heavy atom. The maximum absolute atomic E-state index is 11.6. The third kappa shape index (κ3) is 2.68. The molecule has 18 heavy (non-hydrogen) atoms. The average Bonchev–Trinajstić information content (AvgIpc) is 2.65. The van der Waals surface area contributed by atoms with Crippen LogP contribution in [0.2, 0.25) is 0 Å². The topological polar surface area (TPSA) is 52.9 Å². The molecule has 0 spiro atoms. The fourth-order valence-electron chi connectivity index (χ4n) is 2.23. The molecule has 0 aliphatic heterocycles. The third-order valence-electron chi connectivity index (χ3n) is 3.20. The first-order chi connectivity index (χ1) is 8.65. The number of carbonyl (C=O) groups is 1. The monoisotopic (exact) mass is 282 g/mol. The van der Waals surface area contributed by atoms with Crippen LogP contribution in [-0.4, -0.2) is 11.8 Å². The summed E-state index contributed by atoms with van der Waals surface area (Å²) in [4.78, 5) is 12.8. The number of thiophene rings is 1. The van der Waals surface area contributed by atoms with Gasteiger partial charge in [0, 0.05) is 17.2 Å². The molecule has 0 fully saturated rings. The van der Waals surface area contributed by atoms with Gasteiger partial charge in [0.15, 0.2) is 0 Å². The number of alkyl halides is 1. The maximum atomic E-state index is 11.6. The zero-order valence-corrected chi connectivity index (χ0v) is 11.8. The van der Waals surface area contributed by atoms with Gasteiger partial charge in [0.05, 0.1) is 5.56 Å². The summed E-state index contributed by atoms with van der Waals surface area (Å²) in [6.45, 7) is 2.22. The van der Waals surface area contributed by atoms with E-state index in [0.717, 1.165) is 24.8 Å². The summed E-state index contributed by atoms with van der Waals surface area (Å²) in [6.07, 6.45) is 3.36. The van der Waals surface area contributed by atoms with Gasteiger partial charge in [0.2, 0.25) is 5.91 Å². The summed E-state index contributed by atoms with van der Waals surface area (Å²) in [5.74, 6) is 0.845. The number of nitrogens with zero attached hydrogens (tertiary/aromatic N) is 1. The van der Waals surface area contributed by atoms with Gasteiger partial charge in [-0.2, -0.15) is 5.26 Å². The molecule has 3 nitrogen and oxygen atoms in total. The molecule has 1 heterocycles. The fourth-order valence-corrected chi connectivity index (χ4v) is 3.78. The van der Waals surface area contributed by atoms with Crippen LogP contribution in [0.3, 0.4) is 0 Å². The molecule has 1 N–H and O–H groups in total. The van der Waals surface area contributed by atoms with Crippen molar-refractivity contribution in [1.29, 1.82) is 5.26 Å². The van der Waals surface area contributed by atoms with Crippen LogP contribution in [0.4, 0.5) is 5.00 Å². The Labute approximate surface area is 116 Å². The number of hydrogen-bond donors (Lipinski definition) is 1. The van der Waals surface area contributed by atoms with Crippen molar-refractivity contribution in [2.45, 2.75) is 32.6 Å². The number of fused-ring (bicyclic) bond motifs is 1. The van der Waals surface area contributed by atoms with E-state index in [1.165, 1.54) is 4.88 Å². The van der Waals surface area contributed by atoms with Crippen molar-refractivity contribution in [1.82, 2.24) is 0 Å². The summed E-state index contributed by atoms with van der Waals surface area (Å²) in [6, 6.07) is 2.23. The molecule has 1 atom stereocenters. The largest absolute Gasteiger partial charge is 0.317 e. The highest BCUT2D eigenvalue weighted by Gasteiger charge is 2.24. The van der Waals surface area contributed by atoms with Crippen molar-refractivity contribution in [3.63, 3.8) is 0 Å². The molecule has 0 radical (unpaired) electrons. The van der Waals surface area contributed by atoms with Crippen LogP contribution in [0.15, 0.2) is 0 Å². The Morgan fingerprint density at radius 1 is 1.67 bits per heavy atom. The van der Waals surface area contributed by atoms with E-state index in [2.05, 4.69) is 18.3 Å². The summed E-state index contributed by atoms with van der Waals surface area (Å²) in [5, 5.41) is 12.8. The molecule has 1 aromatic heterocycles. The molecule has 2 rings (SSSR count). The number of nitriles is 1. The molecule has 1 aromatic rings. The first-order valence-electron chi connectivity index (χ1n) is 6.06. The Balaban J connectivity index is 2.26. The molecule has 0 aromatic carbocycles. The molecular formula is C13H15ClN2OS. The van der Waals surface area contributed by atoms with Crippen LogP contribution in [0.1, 0.15) is 35.8 Å². The number of amides is 1. The first-order valence-corrected chi connectivity index (χ1v) is 7.41. The van der Waals surface area contributed by atoms with Crippen LogP contribution >= 0.6 is 22.9 Å². The van der Waals surface area contributed by atoms with E-state index in [0.29, 0.717) is 22.4 Å². The second-order valence-corrected chi connectivity index (χ2v) is 6.14. The summed E-state index contributed by atoms with van der Waals surface area (Å²) >= 11 is 7.08. The number of hydrogen-bond acceptors (Lipinski definition) is 3. The molecule has 0 bridgehead atoms. The lowest BCUT2D eigenvalue weighted by Crippen LogP contribution is -2.12. The van der Waals surface area contributed by atoms with Crippen LogP contribution in [0.5, 0.6) is 0 Å². The molecule has 0 unspecified atom stereocenters. The van der Waals surface area contributed by atoms with Gasteiger partial charge in [0.25, 0.3) is 0 Å². The lowest BCUT2D eigenvalue weighted by molar-refractivity contribution is -0.115. The van der Waals surface area contributed by atoms with Crippen LogP contribution in [0.25, 0.3) is 0 Å². The Morgan fingerprint density at radius 2 is 2.44 bits per heavy atom. The SMILES string of the molecule is C[C@@H]1CCc2c(sc(NC(=O)CCCl)c2C#N)C1. The van der Waals surface area contributed by atoms with Gasteiger partial charge in [-0.25, -0.2) is 0 Å². The first kappa shape index (κ1) is 13.4. The van der Waals surface area contributed by atoms with Crippen molar-refractivity contribution < 1.29 is 4.79 Å². The molecule has 1 aliphatic carbocycles. The molecule has 5 heteroatoms. The van der Waals surface area contributed by atoms with Crippen molar-refractivity contribution in [3.05, 3.63) is 16.0 Å². The standard InChI is InChI=1S/C13H15ClN2OS/c1-8-2-3-9-10(7-15)13(18-11(9)6-8)16-12(17)4-5-14/h8H,2-6H2,1H3,(H,16,17)/t8-/m1/s1. The van der Waals surface area contributed by atoms with E-state index in [1.807, 2.05) is 0 Å². The van der Waals surface area contributed by atoms with Gasteiger partial charge in [-0.05, 0) is 30.7 Å². The highest BCUT2D eigenvalue weighted by Crippen LogP contribution is 2.39. The summed E-state index contributed by atoms with van der Waals surface area (Å²) in [7, 11) is 0. The van der Waals surface area contributed by atoms with Crippen molar-refractivity contribution in [2.75, 3.05) is 11.2 Å². The van der Waals surface area contributed by atoms with Crippen molar-refractivity contribution >= 4 is 33.8 Å². The van der Waals surface area contributed by atoms with Crippen molar-refractivity contribution in [3.8, 4) is 6.07 Å². The van der Waals surface area contributed by atoms with Gasteiger partial charge in [-0.3, -0.25) is 4.79 Å². The number of carbonyl (C=O) groups excluding carboxylic acids is 1. The van der Waals surface area contributed by atoms with E-state index < -0.39 is 0 Å². The van der Waals surface area contributed by atoms with Gasteiger partial charge in [0.1, 0.15) is 11.1 Å². The molecule has 0 saturated heterocycles. The van der Waals surface area contributed by atoms with E-state index in [1.54, 1.807) is 11.3 Å². The highest BCUT2D eigenvalue weighted by molar-refractivity contribution is 7.16. The minimum atomic E-state index is -0.117. The minimum absolute atomic E-state index is 0.117. The van der Waals surface area contributed by atoms with Gasteiger partial charge >= 0.3 is 0 Å². The normalized spacial score (nSPS) is 17.9. The highest BCUT2D eigenvalue weighted by atomic mass is 35.5. The van der Waals surface area contributed by atoms with Crippen LogP contribution in [-0.2, 0) is 17.6 Å². The van der Waals surface area contributed by atoms with E-state index in [4.69, 9.17) is 11.6 Å². The second-order valence-electron chi connectivity index (χ2n) is 4.65. The van der Waals surface area contributed by atoms with Crippen molar-refractivity contribution in [2.24, 2.45) is 5.92 Å². The Hall–Kier alpha value is -1.05. The third-order valence-corrected chi connectivity index (χ3v) is 4.56. The smallest absolute Gasteiger partial charge is 0.226 e. The Kier molecular flexibility index (Phi) is 4.26. The summed E-state index contributed by atoms with van der Waals surface area (Å²) < 4.78 is 0. The zero-order valence-electron chi connectivity index (χ0n) is 10.3. The molecular weight excluding hydrogens is 268 g/mol. The lowest BCUT2D eigenvalue weighted by atomic mass is 9.89. The second kappa shape index (κ2) is 5.73. The zero-order chi connectivity index (χ0) is 13.1. The number of nitrogens with one attached hydrogen (secondary N) is 1. The maximum Gasteiger partial charge on any atom is 0.226 e. The Bertz CT molecular complexity index is 504. The molecule has 0 saturated carbocycles. The number of halogens is 1. The number of rotatable bonds is 3. The predicted molar refractivity (Wildman–Crippen MR) is 74.2 cm³/mol. The lowest BCUT2D eigenvalue weighted by Gasteiger charge is -2.17. The van der Waals surface area contributed by atoms with Gasteiger partial charge < -0.3 is 5.32 Å².